The first-order valence-electron chi connectivity index (χ1n) is 5.61. The van der Waals surface area contributed by atoms with E-state index in [1.807, 2.05) is 13.0 Å². The van der Waals surface area contributed by atoms with Gasteiger partial charge < -0.3 is 4.52 Å². The third kappa shape index (κ3) is 4.04. The van der Waals surface area contributed by atoms with E-state index in [-0.39, 0.29) is 0 Å². The van der Waals surface area contributed by atoms with E-state index in [4.69, 9.17) is 4.52 Å². The molecule has 3 nitrogen and oxygen atoms in total. The lowest BCUT2D eigenvalue weighted by molar-refractivity contribution is 0.197. The van der Waals surface area contributed by atoms with Crippen LogP contribution >= 0.6 is 0 Å². The van der Waals surface area contributed by atoms with E-state index in [0.717, 1.165) is 23.9 Å². The smallest absolute Gasteiger partial charge is 0.150 e. The average Bonchev–Trinajstić information content (AvgIpc) is 2.50. The molecule has 0 aliphatic heterocycles. The van der Waals surface area contributed by atoms with Crippen LogP contribution in [0.15, 0.2) is 10.6 Å². The summed E-state index contributed by atoms with van der Waals surface area (Å²) in [4.78, 5) is 2.31. The molecule has 0 unspecified atom stereocenters. The molecule has 1 aromatic heterocycles. The van der Waals surface area contributed by atoms with Crippen LogP contribution in [0.4, 0.5) is 0 Å². The summed E-state index contributed by atoms with van der Waals surface area (Å²) in [5, 5.41) is 3.89. The van der Waals surface area contributed by atoms with Crippen LogP contribution in [-0.4, -0.2) is 23.1 Å². The van der Waals surface area contributed by atoms with Gasteiger partial charge >= 0.3 is 0 Å². The minimum Gasteiger partial charge on any atom is -0.360 e. The zero-order chi connectivity index (χ0) is 11.4. The second kappa shape index (κ2) is 5.31. The number of aromatic nitrogens is 1. The van der Waals surface area contributed by atoms with Crippen molar-refractivity contribution in [1.29, 1.82) is 0 Å². The molecular formula is C12H22N2O. The molecule has 0 spiro atoms. The fraction of sp³-hybridized carbons (Fsp3) is 0.750. The van der Waals surface area contributed by atoms with Crippen LogP contribution < -0.4 is 0 Å². The van der Waals surface area contributed by atoms with Crippen LogP contribution in [0, 0.1) is 12.8 Å². The lowest BCUT2D eigenvalue weighted by atomic mass is 10.0. The van der Waals surface area contributed by atoms with Crippen LogP contribution in [0.5, 0.6) is 0 Å². The van der Waals surface area contributed by atoms with E-state index >= 15 is 0 Å². The molecule has 15 heavy (non-hydrogen) atoms. The van der Waals surface area contributed by atoms with Crippen molar-refractivity contribution in [3.8, 4) is 0 Å². The standard InChI is InChI=1S/C12H22N2O/c1-9(2)6-11(4)14(5)8-12-7-10(3)13-15-12/h7,9,11H,6,8H2,1-5H3/t11-/m0/s1. The molecule has 3 heteroatoms. The van der Waals surface area contributed by atoms with Gasteiger partial charge in [-0.15, -0.1) is 0 Å². The predicted octanol–water partition coefficient (Wildman–Crippen LogP) is 2.85. The third-order valence-electron chi connectivity index (χ3n) is 2.65. The minimum atomic E-state index is 0.579. The minimum absolute atomic E-state index is 0.579. The highest BCUT2D eigenvalue weighted by molar-refractivity contribution is 5.02. The van der Waals surface area contributed by atoms with E-state index in [0.29, 0.717) is 6.04 Å². The maximum Gasteiger partial charge on any atom is 0.150 e. The lowest BCUT2D eigenvalue weighted by Crippen LogP contribution is -2.29. The molecule has 0 radical (unpaired) electrons. The molecule has 0 saturated carbocycles. The Hall–Kier alpha value is -0.830. The maximum absolute atomic E-state index is 5.20. The van der Waals surface area contributed by atoms with Gasteiger partial charge in [0.1, 0.15) is 0 Å². The molecule has 1 aromatic rings. The Morgan fingerprint density at radius 3 is 2.53 bits per heavy atom. The molecule has 0 N–H and O–H groups in total. The molecule has 0 aliphatic carbocycles. The van der Waals surface area contributed by atoms with Gasteiger partial charge in [0.15, 0.2) is 5.76 Å². The van der Waals surface area contributed by atoms with Crippen LogP contribution in [0.1, 0.15) is 38.6 Å². The number of hydrogen-bond donors (Lipinski definition) is 0. The van der Waals surface area contributed by atoms with Crippen LogP contribution in [0.2, 0.25) is 0 Å². The Bertz CT molecular complexity index is 294. The summed E-state index contributed by atoms with van der Waals surface area (Å²) in [5.41, 5.74) is 0.954. The van der Waals surface area contributed by atoms with Gasteiger partial charge in [0.25, 0.3) is 0 Å². The van der Waals surface area contributed by atoms with Gasteiger partial charge in [-0.05, 0) is 33.2 Å². The zero-order valence-electron chi connectivity index (χ0n) is 10.4. The van der Waals surface area contributed by atoms with E-state index in [1.165, 1.54) is 6.42 Å². The Balaban J connectivity index is 2.44. The van der Waals surface area contributed by atoms with E-state index in [1.54, 1.807) is 0 Å². The first kappa shape index (κ1) is 12.2. The summed E-state index contributed by atoms with van der Waals surface area (Å²) >= 11 is 0. The van der Waals surface area contributed by atoms with Gasteiger partial charge in [-0.25, -0.2) is 0 Å². The summed E-state index contributed by atoms with van der Waals surface area (Å²) in [6.45, 7) is 9.55. The first-order chi connectivity index (χ1) is 6.99. The highest BCUT2D eigenvalue weighted by Gasteiger charge is 2.13. The van der Waals surface area contributed by atoms with Crippen molar-refractivity contribution >= 4 is 0 Å². The molecule has 0 bridgehead atoms. The van der Waals surface area contributed by atoms with E-state index in [2.05, 4.69) is 37.9 Å². The molecule has 0 aromatic carbocycles. The molecule has 1 rings (SSSR count). The molecule has 0 fully saturated rings. The molecule has 0 saturated heterocycles. The molecule has 1 atom stereocenters. The molecule has 0 aliphatic rings. The third-order valence-corrected chi connectivity index (χ3v) is 2.65. The fourth-order valence-electron chi connectivity index (χ4n) is 1.75. The quantitative estimate of drug-likeness (QED) is 0.748. The Kier molecular flexibility index (Phi) is 4.33. The summed E-state index contributed by atoms with van der Waals surface area (Å²) in [5.74, 6) is 1.68. The van der Waals surface area contributed by atoms with Crippen molar-refractivity contribution in [1.82, 2.24) is 10.1 Å². The lowest BCUT2D eigenvalue weighted by Gasteiger charge is -2.24. The monoisotopic (exact) mass is 210 g/mol. The largest absolute Gasteiger partial charge is 0.360 e. The van der Waals surface area contributed by atoms with E-state index < -0.39 is 0 Å². The van der Waals surface area contributed by atoms with Gasteiger partial charge in [-0.3, -0.25) is 4.90 Å². The van der Waals surface area contributed by atoms with Crippen LogP contribution in [0.25, 0.3) is 0 Å². The van der Waals surface area contributed by atoms with Gasteiger partial charge in [-0.1, -0.05) is 19.0 Å². The van der Waals surface area contributed by atoms with Crippen molar-refractivity contribution < 1.29 is 4.52 Å². The van der Waals surface area contributed by atoms with Crippen molar-refractivity contribution in [2.24, 2.45) is 5.92 Å². The highest BCUT2D eigenvalue weighted by Crippen LogP contribution is 2.13. The van der Waals surface area contributed by atoms with Crippen LogP contribution in [-0.2, 0) is 6.54 Å². The Labute approximate surface area is 92.4 Å². The number of nitrogens with zero attached hydrogens (tertiary/aromatic N) is 2. The number of aryl methyl sites for hydroxylation is 1. The maximum atomic E-state index is 5.20. The number of hydrogen-bond acceptors (Lipinski definition) is 3. The predicted molar refractivity (Wildman–Crippen MR) is 61.6 cm³/mol. The summed E-state index contributed by atoms with van der Waals surface area (Å²) in [6, 6.07) is 2.58. The number of rotatable bonds is 5. The Morgan fingerprint density at radius 2 is 2.07 bits per heavy atom. The van der Waals surface area contributed by atoms with Gasteiger partial charge in [0, 0.05) is 12.1 Å². The topological polar surface area (TPSA) is 29.3 Å². The fourth-order valence-corrected chi connectivity index (χ4v) is 1.75. The second-order valence-corrected chi connectivity index (χ2v) is 4.83. The molecule has 1 heterocycles. The van der Waals surface area contributed by atoms with Gasteiger partial charge in [0.05, 0.1) is 12.2 Å². The summed E-state index contributed by atoms with van der Waals surface area (Å²) in [7, 11) is 2.13. The molecular weight excluding hydrogens is 188 g/mol. The summed E-state index contributed by atoms with van der Waals surface area (Å²) < 4.78 is 5.20. The van der Waals surface area contributed by atoms with Crippen molar-refractivity contribution in [3.05, 3.63) is 17.5 Å². The first-order valence-corrected chi connectivity index (χ1v) is 5.61. The zero-order valence-corrected chi connectivity index (χ0v) is 10.4. The second-order valence-electron chi connectivity index (χ2n) is 4.83. The highest BCUT2D eigenvalue weighted by atomic mass is 16.5. The van der Waals surface area contributed by atoms with E-state index in [9.17, 15) is 0 Å². The molecule has 0 amide bonds. The van der Waals surface area contributed by atoms with Crippen molar-refractivity contribution in [2.75, 3.05) is 7.05 Å². The van der Waals surface area contributed by atoms with Gasteiger partial charge in [0.2, 0.25) is 0 Å². The Morgan fingerprint density at radius 1 is 1.40 bits per heavy atom. The molecule has 86 valence electrons. The average molecular weight is 210 g/mol. The normalized spacial score (nSPS) is 13.8. The summed E-state index contributed by atoms with van der Waals surface area (Å²) in [6.07, 6.45) is 1.21. The van der Waals surface area contributed by atoms with Crippen LogP contribution in [0.3, 0.4) is 0 Å². The van der Waals surface area contributed by atoms with Crippen molar-refractivity contribution in [2.45, 2.75) is 46.7 Å². The van der Waals surface area contributed by atoms with Crippen molar-refractivity contribution in [3.63, 3.8) is 0 Å². The SMILES string of the molecule is Cc1cc(CN(C)[C@@H](C)CC(C)C)on1. The van der Waals surface area contributed by atoms with Gasteiger partial charge in [-0.2, -0.15) is 0 Å².